The van der Waals surface area contributed by atoms with Crippen LogP contribution in [-0.2, 0) is 4.79 Å². The molecule has 33 heavy (non-hydrogen) atoms. The van der Waals surface area contributed by atoms with Crippen LogP contribution < -0.4 is 21.1 Å². The number of carbonyl (C=O) groups is 1. The SMILES string of the molecule is N#Cc1cc2cnc(Nc3ccc(N4CCNCC4=O)c(F)c3)nc2n(C2CCCC2)c1=O. The highest BCUT2D eigenvalue weighted by atomic mass is 19.1. The van der Waals surface area contributed by atoms with Crippen LogP contribution in [0.15, 0.2) is 35.3 Å². The predicted octanol–water partition coefficient (Wildman–Crippen LogP) is 2.60. The molecule has 1 aliphatic carbocycles. The molecule has 2 N–H and O–H groups in total. The third-order valence-corrected chi connectivity index (χ3v) is 6.17. The third kappa shape index (κ3) is 3.91. The molecular formula is C23H22FN7O2. The van der Waals surface area contributed by atoms with Crippen LogP contribution in [0.5, 0.6) is 0 Å². The molecule has 0 spiro atoms. The van der Waals surface area contributed by atoms with Crippen molar-refractivity contribution in [2.24, 2.45) is 0 Å². The van der Waals surface area contributed by atoms with Gasteiger partial charge < -0.3 is 15.5 Å². The van der Waals surface area contributed by atoms with E-state index in [-0.39, 0.29) is 41.3 Å². The number of amides is 1. The van der Waals surface area contributed by atoms with Crippen molar-refractivity contribution in [2.75, 3.05) is 29.9 Å². The van der Waals surface area contributed by atoms with Gasteiger partial charge in [0, 0.05) is 36.4 Å². The van der Waals surface area contributed by atoms with E-state index in [1.54, 1.807) is 22.9 Å². The van der Waals surface area contributed by atoms with E-state index in [0.717, 1.165) is 25.7 Å². The number of rotatable bonds is 4. The zero-order valence-electron chi connectivity index (χ0n) is 17.8. The van der Waals surface area contributed by atoms with Gasteiger partial charge in [0.15, 0.2) is 0 Å². The summed E-state index contributed by atoms with van der Waals surface area (Å²) < 4.78 is 16.4. The molecule has 1 aliphatic heterocycles. The molecule has 0 radical (unpaired) electrons. The number of anilines is 3. The molecule has 168 valence electrons. The fourth-order valence-electron chi connectivity index (χ4n) is 4.56. The van der Waals surface area contributed by atoms with Crippen LogP contribution in [0.1, 0.15) is 37.3 Å². The lowest BCUT2D eigenvalue weighted by molar-refractivity contribution is -0.118. The molecule has 0 atom stereocenters. The van der Waals surface area contributed by atoms with E-state index in [1.807, 2.05) is 6.07 Å². The fourth-order valence-corrected chi connectivity index (χ4v) is 4.56. The Hall–Kier alpha value is -3.84. The second-order valence-corrected chi connectivity index (χ2v) is 8.27. The first-order chi connectivity index (χ1) is 16.0. The van der Waals surface area contributed by atoms with E-state index in [4.69, 9.17) is 0 Å². The van der Waals surface area contributed by atoms with Gasteiger partial charge in [0.2, 0.25) is 11.9 Å². The van der Waals surface area contributed by atoms with E-state index in [0.29, 0.717) is 29.8 Å². The van der Waals surface area contributed by atoms with Crippen molar-refractivity contribution < 1.29 is 9.18 Å². The maximum Gasteiger partial charge on any atom is 0.270 e. The molecule has 2 aliphatic rings. The topological polar surface area (TPSA) is 116 Å². The third-order valence-electron chi connectivity index (χ3n) is 6.17. The van der Waals surface area contributed by atoms with Gasteiger partial charge in [-0.1, -0.05) is 12.8 Å². The largest absolute Gasteiger partial charge is 0.324 e. The van der Waals surface area contributed by atoms with Gasteiger partial charge >= 0.3 is 0 Å². The smallest absolute Gasteiger partial charge is 0.270 e. The molecule has 2 aromatic heterocycles. The zero-order chi connectivity index (χ0) is 22.9. The second-order valence-electron chi connectivity index (χ2n) is 8.27. The molecule has 5 rings (SSSR count). The van der Waals surface area contributed by atoms with Gasteiger partial charge in [0.1, 0.15) is 23.1 Å². The summed E-state index contributed by atoms with van der Waals surface area (Å²) in [4.78, 5) is 35.2. The van der Waals surface area contributed by atoms with Crippen LogP contribution in [0.4, 0.5) is 21.7 Å². The number of halogens is 1. The van der Waals surface area contributed by atoms with Crippen LogP contribution >= 0.6 is 0 Å². The van der Waals surface area contributed by atoms with Crippen molar-refractivity contribution in [2.45, 2.75) is 31.7 Å². The summed E-state index contributed by atoms with van der Waals surface area (Å²) in [6.07, 6.45) is 5.31. The Morgan fingerprint density at radius 1 is 1.21 bits per heavy atom. The molecule has 0 bridgehead atoms. The fraction of sp³-hybridized carbons (Fsp3) is 0.348. The Morgan fingerprint density at radius 3 is 2.76 bits per heavy atom. The van der Waals surface area contributed by atoms with Gasteiger partial charge in [-0.25, -0.2) is 9.37 Å². The molecule has 1 saturated carbocycles. The summed E-state index contributed by atoms with van der Waals surface area (Å²) >= 11 is 0. The zero-order valence-corrected chi connectivity index (χ0v) is 17.8. The van der Waals surface area contributed by atoms with Crippen LogP contribution in [0.25, 0.3) is 11.0 Å². The van der Waals surface area contributed by atoms with E-state index in [2.05, 4.69) is 20.6 Å². The minimum absolute atomic E-state index is 0.00986. The van der Waals surface area contributed by atoms with E-state index < -0.39 is 5.82 Å². The summed E-state index contributed by atoms with van der Waals surface area (Å²) in [6.45, 7) is 1.19. The van der Waals surface area contributed by atoms with Crippen LogP contribution in [0.2, 0.25) is 0 Å². The number of hydrogen-bond acceptors (Lipinski definition) is 7. The highest BCUT2D eigenvalue weighted by Crippen LogP contribution is 2.31. The molecule has 1 aromatic carbocycles. The van der Waals surface area contributed by atoms with Crippen molar-refractivity contribution in [3.05, 3.63) is 52.2 Å². The standard InChI is InChI=1S/C23H22FN7O2/c24-18-10-16(5-6-19(18)30-8-7-26-13-20(30)32)28-23-27-12-15-9-14(11-25)22(33)31(21(15)29-23)17-3-1-2-4-17/h5-6,9-10,12,17,26H,1-4,7-8,13H2,(H,27,28,29). The summed E-state index contributed by atoms with van der Waals surface area (Å²) in [5, 5.41) is 15.9. The predicted molar refractivity (Wildman–Crippen MR) is 121 cm³/mol. The molecule has 1 saturated heterocycles. The molecule has 9 nitrogen and oxygen atoms in total. The first-order valence-corrected chi connectivity index (χ1v) is 10.9. The molecule has 2 fully saturated rings. The maximum atomic E-state index is 14.8. The van der Waals surface area contributed by atoms with E-state index in [9.17, 15) is 19.2 Å². The number of benzene rings is 1. The van der Waals surface area contributed by atoms with Gasteiger partial charge in [-0.15, -0.1) is 0 Å². The minimum Gasteiger partial charge on any atom is -0.324 e. The van der Waals surface area contributed by atoms with Crippen molar-refractivity contribution in [1.82, 2.24) is 19.9 Å². The molecule has 3 aromatic rings. The number of pyridine rings is 1. The Morgan fingerprint density at radius 2 is 2.03 bits per heavy atom. The van der Waals surface area contributed by atoms with Crippen molar-refractivity contribution in [3.63, 3.8) is 0 Å². The van der Waals surface area contributed by atoms with Gasteiger partial charge in [-0.3, -0.25) is 14.2 Å². The number of carbonyl (C=O) groups excluding carboxylic acids is 1. The highest BCUT2D eigenvalue weighted by molar-refractivity contribution is 5.95. The number of fused-ring (bicyclic) bond motifs is 1. The average Bonchev–Trinajstić information content (AvgIpc) is 3.34. The van der Waals surface area contributed by atoms with E-state index in [1.165, 1.54) is 17.0 Å². The van der Waals surface area contributed by atoms with Crippen LogP contribution in [-0.4, -0.2) is 40.1 Å². The highest BCUT2D eigenvalue weighted by Gasteiger charge is 2.24. The number of piperazine rings is 1. The number of nitrogens with zero attached hydrogens (tertiary/aromatic N) is 5. The lowest BCUT2D eigenvalue weighted by atomic mass is 10.2. The van der Waals surface area contributed by atoms with Crippen LogP contribution in [0.3, 0.4) is 0 Å². The van der Waals surface area contributed by atoms with Gasteiger partial charge in [-0.2, -0.15) is 10.2 Å². The number of hydrogen-bond donors (Lipinski definition) is 2. The van der Waals surface area contributed by atoms with E-state index >= 15 is 0 Å². The first kappa shape index (κ1) is 21.0. The minimum atomic E-state index is -0.530. The first-order valence-electron chi connectivity index (χ1n) is 10.9. The van der Waals surface area contributed by atoms with Gasteiger partial charge in [-0.05, 0) is 37.1 Å². The average molecular weight is 447 g/mol. The Kier molecular flexibility index (Phi) is 5.48. The Labute approximate surface area is 188 Å². The Bertz CT molecular complexity index is 1340. The lowest BCUT2D eigenvalue weighted by Gasteiger charge is -2.27. The van der Waals surface area contributed by atoms with Gasteiger partial charge in [0.25, 0.3) is 5.56 Å². The summed E-state index contributed by atoms with van der Waals surface area (Å²) in [6, 6.07) is 7.97. The number of nitrogens with one attached hydrogen (secondary N) is 2. The number of aromatic nitrogens is 3. The van der Waals surface area contributed by atoms with Crippen molar-refractivity contribution >= 4 is 34.3 Å². The summed E-state index contributed by atoms with van der Waals surface area (Å²) in [7, 11) is 0. The summed E-state index contributed by atoms with van der Waals surface area (Å²) in [5.74, 6) is -0.498. The maximum absolute atomic E-state index is 14.8. The molecule has 3 heterocycles. The number of nitriles is 1. The normalized spacial score (nSPS) is 16.8. The van der Waals surface area contributed by atoms with Crippen molar-refractivity contribution in [3.8, 4) is 6.07 Å². The molecule has 10 heteroatoms. The molecule has 1 amide bonds. The van der Waals surface area contributed by atoms with Gasteiger partial charge in [0.05, 0.1) is 12.2 Å². The lowest BCUT2D eigenvalue weighted by Crippen LogP contribution is -2.48. The summed E-state index contributed by atoms with van der Waals surface area (Å²) in [5.41, 5.74) is 0.815. The molecule has 0 unspecified atom stereocenters. The monoisotopic (exact) mass is 447 g/mol. The van der Waals surface area contributed by atoms with Crippen LogP contribution in [0, 0.1) is 17.1 Å². The second kappa shape index (κ2) is 8.60. The Balaban J connectivity index is 1.49. The molecular weight excluding hydrogens is 425 g/mol. The quantitative estimate of drug-likeness (QED) is 0.632. The van der Waals surface area contributed by atoms with Crippen molar-refractivity contribution in [1.29, 1.82) is 5.26 Å².